The molecule has 1 unspecified atom stereocenters. The molecule has 3 nitrogen and oxygen atoms in total. The van der Waals surface area contributed by atoms with Crippen molar-refractivity contribution in [2.75, 3.05) is 12.4 Å². The van der Waals surface area contributed by atoms with Gasteiger partial charge in [0.2, 0.25) is 0 Å². The molecule has 0 aromatic heterocycles. The van der Waals surface area contributed by atoms with Crippen molar-refractivity contribution in [1.29, 1.82) is 0 Å². The SMILES string of the molecule is COC(=O)C(CCBr)Oc1ccc(Cl)cc1. The zero-order valence-corrected chi connectivity index (χ0v) is 11.1. The highest BCUT2D eigenvalue weighted by atomic mass is 79.9. The third-order valence-electron chi connectivity index (χ3n) is 1.93. The molecule has 0 heterocycles. The van der Waals surface area contributed by atoms with Gasteiger partial charge in [-0.25, -0.2) is 4.79 Å². The van der Waals surface area contributed by atoms with Gasteiger partial charge in [0.25, 0.3) is 0 Å². The molecule has 1 aromatic carbocycles. The second-order valence-corrected chi connectivity index (χ2v) is 4.29. The van der Waals surface area contributed by atoms with Gasteiger partial charge in [0, 0.05) is 16.8 Å². The van der Waals surface area contributed by atoms with Crippen LogP contribution in [0.5, 0.6) is 5.75 Å². The van der Waals surface area contributed by atoms with E-state index in [0.717, 1.165) is 0 Å². The van der Waals surface area contributed by atoms with Gasteiger partial charge < -0.3 is 9.47 Å². The zero-order chi connectivity index (χ0) is 12.0. The highest BCUT2D eigenvalue weighted by molar-refractivity contribution is 9.09. The Morgan fingerprint density at radius 3 is 2.56 bits per heavy atom. The molecule has 0 N–H and O–H groups in total. The third kappa shape index (κ3) is 4.02. The lowest BCUT2D eigenvalue weighted by atomic mass is 10.2. The van der Waals surface area contributed by atoms with Crippen molar-refractivity contribution in [2.24, 2.45) is 0 Å². The van der Waals surface area contributed by atoms with Crippen LogP contribution in [0.3, 0.4) is 0 Å². The van der Waals surface area contributed by atoms with Gasteiger partial charge in [-0.2, -0.15) is 0 Å². The predicted octanol–water partition coefficient (Wildman–Crippen LogP) is 3.05. The molecule has 0 radical (unpaired) electrons. The summed E-state index contributed by atoms with van der Waals surface area (Å²) in [7, 11) is 1.34. The fourth-order valence-electron chi connectivity index (χ4n) is 1.13. The third-order valence-corrected chi connectivity index (χ3v) is 2.64. The van der Waals surface area contributed by atoms with Crippen molar-refractivity contribution in [3.63, 3.8) is 0 Å². The summed E-state index contributed by atoms with van der Waals surface area (Å²) < 4.78 is 10.1. The highest BCUT2D eigenvalue weighted by Gasteiger charge is 2.20. The monoisotopic (exact) mass is 306 g/mol. The first-order valence-electron chi connectivity index (χ1n) is 4.73. The van der Waals surface area contributed by atoms with E-state index in [0.29, 0.717) is 22.5 Å². The first-order valence-corrected chi connectivity index (χ1v) is 6.23. The summed E-state index contributed by atoms with van der Waals surface area (Å²) in [6, 6.07) is 6.84. The smallest absolute Gasteiger partial charge is 0.347 e. The van der Waals surface area contributed by atoms with E-state index in [1.807, 2.05) is 0 Å². The molecule has 0 spiro atoms. The van der Waals surface area contributed by atoms with E-state index in [-0.39, 0.29) is 5.97 Å². The number of halogens is 2. The summed E-state index contributed by atoms with van der Waals surface area (Å²) in [4.78, 5) is 11.4. The van der Waals surface area contributed by atoms with Crippen molar-refractivity contribution in [3.8, 4) is 5.75 Å². The fourth-order valence-corrected chi connectivity index (χ4v) is 1.67. The second-order valence-electron chi connectivity index (χ2n) is 3.06. The Labute approximate surface area is 108 Å². The summed E-state index contributed by atoms with van der Waals surface area (Å²) in [6.45, 7) is 0. The largest absolute Gasteiger partial charge is 0.479 e. The van der Waals surface area contributed by atoms with Crippen molar-refractivity contribution in [2.45, 2.75) is 12.5 Å². The number of alkyl halides is 1. The summed E-state index contributed by atoms with van der Waals surface area (Å²) in [5.74, 6) is 0.218. The Bertz CT molecular complexity index is 340. The van der Waals surface area contributed by atoms with Crippen LogP contribution >= 0.6 is 27.5 Å². The molecule has 1 atom stereocenters. The number of carbonyl (C=O) groups is 1. The van der Waals surface area contributed by atoms with Crippen LogP contribution in [0.1, 0.15) is 6.42 Å². The second kappa shape index (κ2) is 6.76. The summed E-state index contributed by atoms with van der Waals surface area (Å²) in [5.41, 5.74) is 0. The molecule has 0 amide bonds. The van der Waals surface area contributed by atoms with Crippen molar-refractivity contribution < 1.29 is 14.3 Å². The minimum absolute atomic E-state index is 0.380. The first kappa shape index (κ1) is 13.3. The first-order chi connectivity index (χ1) is 7.67. The van der Waals surface area contributed by atoms with Crippen LogP contribution in [0.25, 0.3) is 0 Å². The summed E-state index contributed by atoms with van der Waals surface area (Å²) >= 11 is 9.01. The van der Waals surface area contributed by atoms with Crippen LogP contribution in [0.4, 0.5) is 0 Å². The quantitative estimate of drug-likeness (QED) is 0.619. The van der Waals surface area contributed by atoms with E-state index in [2.05, 4.69) is 20.7 Å². The van der Waals surface area contributed by atoms with Gasteiger partial charge in [0.05, 0.1) is 7.11 Å². The number of ether oxygens (including phenoxy) is 2. The zero-order valence-electron chi connectivity index (χ0n) is 8.78. The van der Waals surface area contributed by atoms with Gasteiger partial charge >= 0.3 is 5.97 Å². The molecule has 0 bridgehead atoms. The Hall–Kier alpha value is -0.740. The standard InChI is InChI=1S/C11H12BrClO3/c1-15-11(14)10(6-7-12)16-9-4-2-8(13)3-5-9/h2-5,10H,6-7H2,1H3. The molecule has 0 aliphatic rings. The Morgan fingerprint density at radius 2 is 2.06 bits per heavy atom. The number of hydrogen-bond donors (Lipinski definition) is 0. The fraction of sp³-hybridized carbons (Fsp3) is 0.364. The van der Waals surface area contributed by atoms with Crippen molar-refractivity contribution in [1.82, 2.24) is 0 Å². The van der Waals surface area contributed by atoms with Gasteiger partial charge in [-0.05, 0) is 24.3 Å². The van der Waals surface area contributed by atoms with E-state index in [1.165, 1.54) is 7.11 Å². The molecule has 0 saturated heterocycles. The minimum atomic E-state index is -0.592. The van der Waals surface area contributed by atoms with Gasteiger partial charge in [-0.15, -0.1) is 0 Å². The van der Waals surface area contributed by atoms with Crippen LogP contribution in [0.15, 0.2) is 24.3 Å². The maximum absolute atomic E-state index is 11.4. The average molecular weight is 308 g/mol. The molecule has 1 aromatic rings. The molecular weight excluding hydrogens is 295 g/mol. The maximum atomic E-state index is 11.4. The average Bonchev–Trinajstić information content (AvgIpc) is 2.30. The van der Waals surface area contributed by atoms with Crippen LogP contribution in [-0.4, -0.2) is 24.5 Å². The highest BCUT2D eigenvalue weighted by Crippen LogP contribution is 2.18. The molecule has 16 heavy (non-hydrogen) atoms. The normalized spacial score (nSPS) is 11.9. The number of benzene rings is 1. The van der Waals surface area contributed by atoms with Crippen molar-refractivity contribution in [3.05, 3.63) is 29.3 Å². The summed E-state index contributed by atoms with van der Waals surface area (Å²) in [5, 5.41) is 1.29. The van der Waals surface area contributed by atoms with Gasteiger partial charge in [0.15, 0.2) is 6.10 Å². The van der Waals surface area contributed by atoms with E-state index >= 15 is 0 Å². The number of hydrogen-bond acceptors (Lipinski definition) is 3. The van der Waals surface area contributed by atoms with Crippen LogP contribution < -0.4 is 4.74 Å². The van der Waals surface area contributed by atoms with E-state index in [4.69, 9.17) is 16.3 Å². The molecule has 1 rings (SSSR count). The molecular formula is C11H12BrClO3. The number of rotatable bonds is 5. The molecule has 0 aliphatic heterocycles. The van der Waals surface area contributed by atoms with E-state index in [9.17, 15) is 4.79 Å². The topological polar surface area (TPSA) is 35.5 Å². The van der Waals surface area contributed by atoms with Crippen LogP contribution in [0, 0.1) is 0 Å². The van der Waals surface area contributed by atoms with E-state index in [1.54, 1.807) is 24.3 Å². The lowest BCUT2D eigenvalue weighted by Gasteiger charge is -2.15. The lowest BCUT2D eigenvalue weighted by molar-refractivity contribution is -0.148. The number of methoxy groups -OCH3 is 1. The Kier molecular flexibility index (Phi) is 5.63. The van der Waals surface area contributed by atoms with Crippen LogP contribution in [-0.2, 0) is 9.53 Å². The van der Waals surface area contributed by atoms with E-state index < -0.39 is 6.10 Å². The predicted molar refractivity (Wildman–Crippen MR) is 66.3 cm³/mol. The van der Waals surface area contributed by atoms with Crippen molar-refractivity contribution >= 4 is 33.5 Å². The maximum Gasteiger partial charge on any atom is 0.347 e. The Balaban J connectivity index is 2.67. The van der Waals surface area contributed by atoms with Gasteiger partial charge in [-0.1, -0.05) is 27.5 Å². The van der Waals surface area contributed by atoms with Crippen LogP contribution in [0.2, 0.25) is 5.02 Å². The molecule has 0 aliphatic carbocycles. The number of carbonyl (C=O) groups excluding carboxylic acids is 1. The number of esters is 1. The Morgan fingerprint density at radius 1 is 1.44 bits per heavy atom. The molecule has 0 saturated carbocycles. The van der Waals surface area contributed by atoms with Gasteiger partial charge in [0.1, 0.15) is 5.75 Å². The molecule has 88 valence electrons. The lowest BCUT2D eigenvalue weighted by Crippen LogP contribution is -2.28. The molecule has 0 fully saturated rings. The summed E-state index contributed by atoms with van der Waals surface area (Å²) in [6.07, 6.45) is -0.0412. The van der Waals surface area contributed by atoms with Gasteiger partial charge in [-0.3, -0.25) is 0 Å². The minimum Gasteiger partial charge on any atom is -0.479 e. The molecule has 5 heteroatoms.